The van der Waals surface area contributed by atoms with Gasteiger partial charge in [0.15, 0.2) is 0 Å². The molecule has 1 heterocycles. The van der Waals surface area contributed by atoms with Gasteiger partial charge in [0.2, 0.25) is 5.91 Å². The zero-order chi connectivity index (χ0) is 15.9. The molecule has 2 N–H and O–H groups in total. The van der Waals surface area contributed by atoms with Gasteiger partial charge in [-0.15, -0.1) is 0 Å². The Morgan fingerprint density at radius 2 is 2.14 bits per heavy atom. The van der Waals surface area contributed by atoms with Crippen LogP contribution in [0.1, 0.15) is 16.8 Å². The van der Waals surface area contributed by atoms with Crippen LogP contribution in [-0.4, -0.2) is 25.5 Å². The molecule has 0 unspecified atom stereocenters. The Hall–Kier alpha value is -2.47. The number of hydrogen-bond acceptors (Lipinski definition) is 4. The monoisotopic (exact) mass is 322 g/mol. The number of halogens is 1. The van der Waals surface area contributed by atoms with Crippen LogP contribution in [0.2, 0.25) is 5.02 Å². The molecule has 0 aliphatic heterocycles. The van der Waals surface area contributed by atoms with Crippen LogP contribution in [0.5, 0.6) is 5.75 Å². The molecule has 0 saturated carbocycles. The van der Waals surface area contributed by atoms with Crippen molar-refractivity contribution in [3.63, 3.8) is 0 Å². The van der Waals surface area contributed by atoms with Gasteiger partial charge in [-0.05, 0) is 24.3 Å². The number of hydrogen-bond donors (Lipinski definition) is 2. The van der Waals surface area contributed by atoms with Crippen molar-refractivity contribution in [1.82, 2.24) is 5.32 Å². The first kappa shape index (κ1) is 15.9. The van der Waals surface area contributed by atoms with Crippen molar-refractivity contribution in [2.75, 3.05) is 19.0 Å². The first-order valence-corrected chi connectivity index (χ1v) is 6.91. The second kappa shape index (κ2) is 7.51. The van der Waals surface area contributed by atoms with Crippen LogP contribution in [0.15, 0.2) is 41.2 Å². The maximum Gasteiger partial charge on any atom is 0.254 e. The highest BCUT2D eigenvalue weighted by molar-refractivity contribution is 6.31. The third-order valence-corrected chi connectivity index (χ3v) is 3.09. The number of anilines is 1. The summed E-state index contributed by atoms with van der Waals surface area (Å²) in [5.41, 5.74) is 0.901. The third kappa shape index (κ3) is 4.26. The lowest BCUT2D eigenvalue weighted by Crippen LogP contribution is -2.27. The van der Waals surface area contributed by atoms with E-state index in [2.05, 4.69) is 10.6 Å². The lowest BCUT2D eigenvalue weighted by Gasteiger charge is -2.10. The van der Waals surface area contributed by atoms with Gasteiger partial charge in [0.25, 0.3) is 5.91 Å². The number of furan rings is 1. The highest BCUT2D eigenvalue weighted by atomic mass is 35.5. The summed E-state index contributed by atoms with van der Waals surface area (Å²) in [6.45, 7) is 0.207. The topological polar surface area (TPSA) is 80.6 Å². The molecule has 0 aliphatic rings. The van der Waals surface area contributed by atoms with Crippen molar-refractivity contribution >= 4 is 29.1 Å². The van der Waals surface area contributed by atoms with Gasteiger partial charge in [-0.1, -0.05) is 11.6 Å². The molecule has 0 saturated heterocycles. The largest absolute Gasteiger partial charge is 0.495 e. The van der Waals surface area contributed by atoms with E-state index in [-0.39, 0.29) is 24.8 Å². The summed E-state index contributed by atoms with van der Waals surface area (Å²) >= 11 is 5.89. The van der Waals surface area contributed by atoms with Crippen LogP contribution in [0.3, 0.4) is 0 Å². The first-order valence-electron chi connectivity index (χ1n) is 6.54. The number of carbonyl (C=O) groups excluding carboxylic acids is 2. The fourth-order valence-electron chi connectivity index (χ4n) is 1.78. The molecule has 0 bridgehead atoms. The number of nitrogens with one attached hydrogen (secondary N) is 2. The average Bonchev–Trinajstić information content (AvgIpc) is 3.01. The smallest absolute Gasteiger partial charge is 0.254 e. The van der Waals surface area contributed by atoms with E-state index in [1.807, 2.05) is 0 Å². The fourth-order valence-corrected chi connectivity index (χ4v) is 1.95. The van der Waals surface area contributed by atoms with E-state index in [1.54, 1.807) is 24.3 Å². The van der Waals surface area contributed by atoms with Crippen LogP contribution >= 0.6 is 11.6 Å². The van der Waals surface area contributed by atoms with Crippen LogP contribution < -0.4 is 15.4 Å². The van der Waals surface area contributed by atoms with Crippen molar-refractivity contribution in [3.05, 3.63) is 47.4 Å². The SMILES string of the molecule is COc1ccc(Cl)cc1NC(=O)CCNC(=O)c1ccoc1. The molecule has 6 nitrogen and oxygen atoms in total. The summed E-state index contributed by atoms with van der Waals surface area (Å²) in [4.78, 5) is 23.5. The summed E-state index contributed by atoms with van der Waals surface area (Å²) < 4.78 is 9.95. The Balaban J connectivity index is 1.83. The number of methoxy groups -OCH3 is 1. The van der Waals surface area contributed by atoms with E-state index in [0.29, 0.717) is 22.0 Å². The highest BCUT2D eigenvalue weighted by Crippen LogP contribution is 2.27. The van der Waals surface area contributed by atoms with Crippen molar-refractivity contribution in [1.29, 1.82) is 0 Å². The predicted octanol–water partition coefficient (Wildman–Crippen LogP) is 2.70. The van der Waals surface area contributed by atoms with Crippen molar-refractivity contribution in [3.8, 4) is 5.75 Å². The van der Waals surface area contributed by atoms with E-state index in [9.17, 15) is 9.59 Å². The maximum atomic E-state index is 11.9. The van der Waals surface area contributed by atoms with Crippen LogP contribution in [-0.2, 0) is 4.79 Å². The zero-order valence-electron chi connectivity index (χ0n) is 11.9. The molecule has 116 valence electrons. The first-order chi connectivity index (χ1) is 10.6. The summed E-state index contributed by atoms with van der Waals surface area (Å²) in [6, 6.07) is 6.48. The molecule has 0 radical (unpaired) electrons. The second-order valence-electron chi connectivity index (χ2n) is 4.41. The fraction of sp³-hybridized carbons (Fsp3) is 0.200. The quantitative estimate of drug-likeness (QED) is 0.857. The molecule has 2 rings (SSSR count). The number of benzene rings is 1. The summed E-state index contributed by atoms with van der Waals surface area (Å²) in [6.07, 6.45) is 2.87. The van der Waals surface area contributed by atoms with E-state index in [0.717, 1.165) is 0 Å². The molecule has 1 aromatic heterocycles. The number of ether oxygens (including phenoxy) is 1. The minimum absolute atomic E-state index is 0.124. The molecule has 2 amide bonds. The Labute approximate surface area is 132 Å². The van der Waals surface area contributed by atoms with E-state index < -0.39 is 0 Å². The average molecular weight is 323 g/mol. The molecule has 2 aromatic rings. The van der Waals surface area contributed by atoms with Gasteiger partial charge in [-0.25, -0.2) is 0 Å². The van der Waals surface area contributed by atoms with Gasteiger partial charge < -0.3 is 19.8 Å². The van der Waals surface area contributed by atoms with Crippen molar-refractivity contribution in [2.24, 2.45) is 0 Å². The lowest BCUT2D eigenvalue weighted by molar-refractivity contribution is -0.116. The molecular weight excluding hydrogens is 308 g/mol. The third-order valence-electron chi connectivity index (χ3n) is 2.86. The maximum absolute atomic E-state index is 11.9. The summed E-state index contributed by atoms with van der Waals surface area (Å²) in [7, 11) is 1.50. The molecule has 0 aliphatic carbocycles. The number of rotatable bonds is 6. The zero-order valence-corrected chi connectivity index (χ0v) is 12.6. The van der Waals surface area contributed by atoms with Crippen LogP contribution in [0, 0.1) is 0 Å². The van der Waals surface area contributed by atoms with Crippen LogP contribution in [0.25, 0.3) is 0 Å². The van der Waals surface area contributed by atoms with Crippen molar-refractivity contribution in [2.45, 2.75) is 6.42 Å². The standard InChI is InChI=1S/C15H15ClN2O4/c1-21-13-3-2-11(16)8-12(13)18-14(19)4-6-17-15(20)10-5-7-22-9-10/h2-3,5,7-9H,4,6H2,1H3,(H,17,20)(H,18,19). The number of carbonyl (C=O) groups is 2. The van der Waals surface area contributed by atoms with Gasteiger partial charge >= 0.3 is 0 Å². The van der Waals surface area contributed by atoms with E-state index in [1.165, 1.54) is 19.6 Å². The second-order valence-corrected chi connectivity index (χ2v) is 4.85. The van der Waals surface area contributed by atoms with Gasteiger partial charge in [0.05, 0.1) is 24.6 Å². The van der Waals surface area contributed by atoms with Crippen LogP contribution in [0.4, 0.5) is 5.69 Å². The van der Waals surface area contributed by atoms with Gasteiger partial charge in [0, 0.05) is 18.0 Å². The molecular formula is C15H15ClN2O4. The van der Waals surface area contributed by atoms with Gasteiger partial charge in [-0.3, -0.25) is 9.59 Å². The normalized spacial score (nSPS) is 10.1. The van der Waals surface area contributed by atoms with Gasteiger partial charge in [0.1, 0.15) is 12.0 Å². The van der Waals surface area contributed by atoms with Crippen molar-refractivity contribution < 1.29 is 18.7 Å². The molecule has 7 heteroatoms. The molecule has 0 atom stereocenters. The molecule has 0 spiro atoms. The molecule has 0 fully saturated rings. The minimum atomic E-state index is -0.290. The molecule has 1 aromatic carbocycles. The Morgan fingerprint density at radius 1 is 1.32 bits per heavy atom. The summed E-state index contributed by atoms with van der Waals surface area (Å²) in [5, 5.41) is 5.81. The predicted molar refractivity (Wildman–Crippen MR) is 82.3 cm³/mol. The summed E-state index contributed by atoms with van der Waals surface area (Å²) in [5.74, 6) is -0.0323. The molecule has 22 heavy (non-hydrogen) atoms. The lowest BCUT2D eigenvalue weighted by atomic mass is 10.2. The number of amides is 2. The van der Waals surface area contributed by atoms with E-state index in [4.69, 9.17) is 20.8 Å². The Kier molecular flexibility index (Phi) is 5.43. The van der Waals surface area contributed by atoms with Gasteiger partial charge in [-0.2, -0.15) is 0 Å². The highest BCUT2D eigenvalue weighted by Gasteiger charge is 2.10. The van der Waals surface area contributed by atoms with E-state index >= 15 is 0 Å². The Bertz CT molecular complexity index is 656. The minimum Gasteiger partial charge on any atom is -0.495 e. The Morgan fingerprint density at radius 3 is 2.82 bits per heavy atom.